The van der Waals surface area contributed by atoms with Gasteiger partial charge in [-0.1, -0.05) is 29.8 Å². The summed E-state index contributed by atoms with van der Waals surface area (Å²) >= 11 is 6.60. The molecule has 0 aliphatic carbocycles. The van der Waals surface area contributed by atoms with Crippen molar-refractivity contribution in [2.75, 3.05) is 44.8 Å². The number of aryl methyl sites for hydroxylation is 1. The molecule has 1 aliphatic rings. The van der Waals surface area contributed by atoms with Gasteiger partial charge in [-0.2, -0.15) is 0 Å². The maximum absolute atomic E-state index is 13.6. The van der Waals surface area contributed by atoms with E-state index in [1.165, 1.54) is 12.1 Å². The Balaban J connectivity index is 1.72. The van der Waals surface area contributed by atoms with Crippen molar-refractivity contribution in [2.45, 2.75) is 19.5 Å². The first-order valence-corrected chi connectivity index (χ1v) is 11.7. The number of anilines is 1. The van der Waals surface area contributed by atoms with Gasteiger partial charge < -0.3 is 19.3 Å². The zero-order valence-corrected chi connectivity index (χ0v) is 20.1. The number of ether oxygens (including phenoxy) is 1. The SMILES string of the molecule is COCCn1c(C)cc(O)c([C@@H](c2ccccc2Cl)N2CCN(c3ccc(F)cc3)CC2)c1=O. The van der Waals surface area contributed by atoms with Crippen molar-refractivity contribution < 1.29 is 14.2 Å². The van der Waals surface area contributed by atoms with Gasteiger partial charge in [-0.05, 0) is 48.9 Å². The predicted molar refractivity (Wildman–Crippen MR) is 132 cm³/mol. The second kappa shape index (κ2) is 10.6. The van der Waals surface area contributed by atoms with Gasteiger partial charge in [-0.25, -0.2) is 4.39 Å². The van der Waals surface area contributed by atoms with E-state index in [2.05, 4.69) is 9.80 Å². The third-order valence-corrected chi connectivity index (χ3v) is 6.73. The van der Waals surface area contributed by atoms with Crippen molar-refractivity contribution in [3.05, 3.63) is 92.6 Å². The van der Waals surface area contributed by atoms with E-state index in [-0.39, 0.29) is 17.1 Å². The Kier molecular flexibility index (Phi) is 7.56. The van der Waals surface area contributed by atoms with Gasteiger partial charge in [0.1, 0.15) is 11.6 Å². The average molecular weight is 486 g/mol. The Hall–Kier alpha value is -2.87. The number of aromatic nitrogens is 1. The fourth-order valence-corrected chi connectivity index (χ4v) is 4.85. The molecule has 1 fully saturated rings. The van der Waals surface area contributed by atoms with Crippen LogP contribution in [0, 0.1) is 12.7 Å². The van der Waals surface area contributed by atoms with Crippen LogP contribution >= 0.6 is 11.6 Å². The summed E-state index contributed by atoms with van der Waals surface area (Å²) in [5.74, 6) is -0.303. The van der Waals surface area contributed by atoms with Crippen LogP contribution in [-0.2, 0) is 11.3 Å². The zero-order valence-electron chi connectivity index (χ0n) is 19.4. The first-order valence-electron chi connectivity index (χ1n) is 11.3. The molecule has 8 heteroatoms. The molecule has 4 rings (SSSR count). The molecule has 6 nitrogen and oxygen atoms in total. The summed E-state index contributed by atoms with van der Waals surface area (Å²) in [6.45, 7) is 5.23. The van der Waals surface area contributed by atoms with Crippen LogP contribution in [0.5, 0.6) is 5.75 Å². The molecule has 1 saturated heterocycles. The molecular weight excluding hydrogens is 457 g/mol. The van der Waals surface area contributed by atoms with Gasteiger partial charge in [0.05, 0.1) is 18.2 Å². The molecule has 0 radical (unpaired) electrons. The lowest BCUT2D eigenvalue weighted by atomic mass is 9.95. The molecule has 0 saturated carbocycles. The molecular formula is C26H29ClFN3O3. The fourth-order valence-electron chi connectivity index (χ4n) is 4.61. The molecule has 2 aromatic carbocycles. The molecule has 1 aromatic heterocycles. The van der Waals surface area contributed by atoms with Crippen LogP contribution in [-0.4, -0.2) is 54.5 Å². The minimum absolute atomic E-state index is 0.0398. The minimum atomic E-state index is -0.508. The molecule has 3 aromatic rings. The predicted octanol–water partition coefficient (Wildman–Crippen LogP) is 4.21. The second-order valence-corrected chi connectivity index (χ2v) is 8.86. The Bertz CT molecular complexity index is 1190. The largest absolute Gasteiger partial charge is 0.507 e. The Morgan fingerprint density at radius 2 is 1.76 bits per heavy atom. The Morgan fingerprint density at radius 3 is 2.41 bits per heavy atom. The maximum Gasteiger partial charge on any atom is 0.259 e. The number of hydrogen-bond acceptors (Lipinski definition) is 5. The highest BCUT2D eigenvalue weighted by Gasteiger charge is 2.32. The minimum Gasteiger partial charge on any atom is -0.507 e. The summed E-state index contributed by atoms with van der Waals surface area (Å²) in [6, 6.07) is 15.0. The third kappa shape index (κ3) is 4.97. The van der Waals surface area contributed by atoms with Crippen LogP contribution in [0.3, 0.4) is 0 Å². The van der Waals surface area contributed by atoms with E-state index in [0.717, 1.165) is 11.3 Å². The zero-order chi connectivity index (χ0) is 24.2. The second-order valence-electron chi connectivity index (χ2n) is 8.46. The Labute approximate surface area is 203 Å². The fraction of sp³-hybridized carbons (Fsp3) is 0.346. The third-order valence-electron chi connectivity index (χ3n) is 6.39. The smallest absolute Gasteiger partial charge is 0.259 e. The Morgan fingerprint density at radius 1 is 1.09 bits per heavy atom. The van der Waals surface area contributed by atoms with Gasteiger partial charge in [0, 0.05) is 56.2 Å². The number of pyridine rings is 1. The molecule has 1 aliphatic heterocycles. The van der Waals surface area contributed by atoms with Crippen molar-refractivity contribution >= 4 is 17.3 Å². The summed E-state index contributed by atoms with van der Waals surface area (Å²) in [5.41, 5.74) is 2.46. The van der Waals surface area contributed by atoms with Gasteiger partial charge in [0.15, 0.2) is 0 Å². The highest BCUT2D eigenvalue weighted by Crippen LogP contribution is 2.37. The van der Waals surface area contributed by atoms with Crippen molar-refractivity contribution in [2.24, 2.45) is 0 Å². The van der Waals surface area contributed by atoms with Gasteiger partial charge in [0.2, 0.25) is 0 Å². The van der Waals surface area contributed by atoms with E-state index < -0.39 is 6.04 Å². The highest BCUT2D eigenvalue weighted by atomic mass is 35.5. The lowest BCUT2D eigenvalue weighted by Gasteiger charge is -2.40. The first-order chi connectivity index (χ1) is 16.4. The van der Waals surface area contributed by atoms with E-state index in [1.54, 1.807) is 42.9 Å². The van der Waals surface area contributed by atoms with Crippen LogP contribution in [0.1, 0.15) is 22.9 Å². The van der Waals surface area contributed by atoms with Crippen LogP contribution in [0.2, 0.25) is 5.02 Å². The molecule has 180 valence electrons. The van der Waals surface area contributed by atoms with Gasteiger partial charge in [-0.15, -0.1) is 0 Å². The molecule has 0 spiro atoms. The van der Waals surface area contributed by atoms with Gasteiger partial charge >= 0.3 is 0 Å². The molecule has 0 amide bonds. The number of nitrogens with zero attached hydrogens (tertiary/aromatic N) is 3. The lowest BCUT2D eigenvalue weighted by molar-refractivity contribution is 0.183. The number of hydrogen-bond donors (Lipinski definition) is 1. The summed E-state index contributed by atoms with van der Waals surface area (Å²) in [4.78, 5) is 18.0. The van der Waals surface area contributed by atoms with E-state index in [4.69, 9.17) is 16.3 Å². The number of rotatable bonds is 7. The monoisotopic (exact) mass is 485 g/mol. The van der Waals surface area contributed by atoms with Gasteiger partial charge in [-0.3, -0.25) is 9.69 Å². The van der Waals surface area contributed by atoms with E-state index in [0.29, 0.717) is 55.6 Å². The van der Waals surface area contributed by atoms with E-state index in [1.807, 2.05) is 18.2 Å². The average Bonchev–Trinajstić information content (AvgIpc) is 2.83. The van der Waals surface area contributed by atoms with Crippen LogP contribution in [0.4, 0.5) is 10.1 Å². The molecule has 1 atom stereocenters. The molecule has 0 bridgehead atoms. The van der Waals surface area contributed by atoms with Crippen molar-refractivity contribution in [1.29, 1.82) is 0 Å². The highest BCUT2D eigenvalue weighted by molar-refractivity contribution is 6.31. The quantitative estimate of drug-likeness (QED) is 0.543. The number of benzene rings is 2. The standard InChI is InChI=1S/C26H29ClFN3O3/c1-18-17-23(32)24(26(33)31(18)15-16-34-2)25(21-5-3-4-6-22(21)27)30-13-11-29(12-14-30)20-9-7-19(28)8-10-20/h3-10,17,25,32H,11-16H2,1-2H3/t25-/m1/s1. The van der Waals surface area contributed by atoms with Crippen molar-refractivity contribution in [3.8, 4) is 5.75 Å². The summed E-state index contributed by atoms with van der Waals surface area (Å²) in [7, 11) is 1.59. The van der Waals surface area contributed by atoms with Crippen LogP contribution < -0.4 is 10.5 Å². The number of methoxy groups -OCH3 is 1. The maximum atomic E-state index is 13.6. The molecule has 0 unspecified atom stereocenters. The van der Waals surface area contributed by atoms with Crippen LogP contribution in [0.25, 0.3) is 0 Å². The molecule has 1 N–H and O–H groups in total. The molecule has 34 heavy (non-hydrogen) atoms. The van der Waals surface area contributed by atoms with Crippen molar-refractivity contribution in [3.63, 3.8) is 0 Å². The number of aromatic hydroxyl groups is 1. The van der Waals surface area contributed by atoms with E-state index >= 15 is 0 Å². The van der Waals surface area contributed by atoms with Gasteiger partial charge in [0.25, 0.3) is 5.56 Å². The lowest BCUT2D eigenvalue weighted by Crippen LogP contribution is -2.49. The topological polar surface area (TPSA) is 57.9 Å². The van der Waals surface area contributed by atoms with Crippen LogP contribution in [0.15, 0.2) is 59.4 Å². The summed E-state index contributed by atoms with van der Waals surface area (Å²) in [5, 5.41) is 11.5. The van der Waals surface area contributed by atoms with Crippen molar-refractivity contribution in [1.82, 2.24) is 9.47 Å². The normalized spacial score (nSPS) is 15.5. The van der Waals surface area contributed by atoms with E-state index in [9.17, 15) is 14.3 Å². The number of piperazine rings is 1. The summed E-state index contributed by atoms with van der Waals surface area (Å²) in [6.07, 6.45) is 0. The molecule has 2 heterocycles. The first kappa shape index (κ1) is 24.3. The summed E-state index contributed by atoms with van der Waals surface area (Å²) < 4.78 is 20.2. The number of halogens is 2.